The standard InChI is InChI=1S/C14H17N3O2/c1-8-3-4-11-10(7-8)9(2)16-17(11)12-5-6-13(18)15-14(12)19/h3-4,7,10-12H,5-6H2,1-2H3,(H,15,18,19). The summed E-state index contributed by atoms with van der Waals surface area (Å²) in [4.78, 5) is 23.2. The largest absolute Gasteiger partial charge is 0.295 e. The van der Waals surface area contributed by atoms with Crippen molar-refractivity contribution in [2.24, 2.45) is 11.0 Å². The maximum absolute atomic E-state index is 12.0. The van der Waals surface area contributed by atoms with Gasteiger partial charge in [0.2, 0.25) is 5.91 Å². The van der Waals surface area contributed by atoms with Gasteiger partial charge in [0.25, 0.3) is 5.91 Å². The molecule has 3 atom stereocenters. The molecule has 0 spiro atoms. The second kappa shape index (κ2) is 4.33. The second-order valence-electron chi connectivity index (χ2n) is 5.37. The Balaban J connectivity index is 1.85. The molecule has 5 nitrogen and oxygen atoms in total. The van der Waals surface area contributed by atoms with E-state index in [4.69, 9.17) is 0 Å². The van der Waals surface area contributed by atoms with Gasteiger partial charge in [-0.15, -0.1) is 0 Å². The van der Waals surface area contributed by atoms with Crippen LogP contribution in [0.1, 0.15) is 26.7 Å². The molecule has 0 aromatic rings. The first kappa shape index (κ1) is 12.1. The Morgan fingerprint density at radius 2 is 2.16 bits per heavy atom. The van der Waals surface area contributed by atoms with Crippen molar-refractivity contribution in [3.63, 3.8) is 0 Å². The fraction of sp³-hybridized carbons (Fsp3) is 0.500. The highest BCUT2D eigenvalue weighted by atomic mass is 16.2. The van der Waals surface area contributed by atoms with Crippen LogP contribution in [0.25, 0.3) is 0 Å². The van der Waals surface area contributed by atoms with Crippen LogP contribution in [0.15, 0.2) is 28.9 Å². The predicted molar refractivity (Wildman–Crippen MR) is 71.3 cm³/mol. The summed E-state index contributed by atoms with van der Waals surface area (Å²) in [5.41, 5.74) is 2.25. The van der Waals surface area contributed by atoms with E-state index in [0.717, 1.165) is 5.71 Å². The zero-order valence-electron chi connectivity index (χ0n) is 11.1. The van der Waals surface area contributed by atoms with E-state index in [1.54, 1.807) is 0 Å². The van der Waals surface area contributed by atoms with Crippen LogP contribution in [0, 0.1) is 5.92 Å². The molecule has 0 aromatic heterocycles. The van der Waals surface area contributed by atoms with Crippen molar-refractivity contribution >= 4 is 17.5 Å². The highest BCUT2D eigenvalue weighted by molar-refractivity contribution is 6.00. The summed E-state index contributed by atoms with van der Waals surface area (Å²) in [6.07, 6.45) is 7.28. The summed E-state index contributed by atoms with van der Waals surface area (Å²) >= 11 is 0. The molecule has 1 fully saturated rings. The van der Waals surface area contributed by atoms with Crippen molar-refractivity contribution in [2.75, 3.05) is 0 Å². The van der Waals surface area contributed by atoms with Gasteiger partial charge in [-0.2, -0.15) is 5.10 Å². The molecule has 3 unspecified atom stereocenters. The van der Waals surface area contributed by atoms with Crippen molar-refractivity contribution in [3.8, 4) is 0 Å². The Morgan fingerprint density at radius 3 is 2.89 bits per heavy atom. The van der Waals surface area contributed by atoms with Crippen LogP contribution >= 0.6 is 0 Å². The summed E-state index contributed by atoms with van der Waals surface area (Å²) in [7, 11) is 0. The summed E-state index contributed by atoms with van der Waals surface area (Å²) in [6, 6.07) is -0.230. The third kappa shape index (κ3) is 1.99. The second-order valence-corrected chi connectivity index (χ2v) is 5.37. The van der Waals surface area contributed by atoms with E-state index in [9.17, 15) is 9.59 Å². The van der Waals surface area contributed by atoms with Gasteiger partial charge in [-0.05, 0) is 20.3 Å². The molecular formula is C14H17N3O2. The minimum atomic E-state index is -0.334. The van der Waals surface area contributed by atoms with Crippen LogP contribution in [0.4, 0.5) is 0 Å². The van der Waals surface area contributed by atoms with Gasteiger partial charge >= 0.3 is 0 Å². The molecule has 5 heteroatoms. The maximum atomic E-state index is 12.0. The van der Waals surface area contributed by atoms with E-state index in [1.807, 2.05) is 11.9 Å². The number of carbonyl (C=O) groups is 2. The molecule has 1 saturated heterocycles. The van der Waals surface area contributed by atoms with Crippen molar-refractivity contribution < 1.29 is 9.59 Å². The van der Waals surface area contributed by atoms with Crippen molar-refractivity contribution in [3.05, 3.63) is 23.8 Å². The van der Waals surface area contributed by atoms with Crippen molar-refractivity contribution in [1.29, 1.82) is 0 Å². The van der Waals surface area contributed by atoms with E-state index < -0.39 is 0 Å². The molecule has 3 rings (SSSR count). The predicted octanol–water partition coefficient (Wildman–Crippen LogP) is 0.984. The molecular weight excluding hydrogens is 242 g/mol. The normalized spacial score (nSPS) is 33.8. The minimum absolute atomic E-state index is 0.104. The molecule has 0 radical (unpaired) electrons. The van der Waals surface area contributed by atoms with Crippen molar-refractivity contribution in [2.45, 2.75) is 38.8 Å². The number of hydrogen-bond donors (Lipinski definition) is 1. The molecule has 2 heterocycles. The Hall–Kier alpha value is -1.91. The number of nitrogens with one attached hydrogen (secondary N) is 1. The molecule has 2 aliphatic heterocycles. The van der Waals surface area contributed by atoms with Crippen LogP contribution in [-0.2, 0) is 9.59 Å². The Morgan fingerprint density at radius 1 is 1.37 bits per heavy atom. The Kier molecular flexibility index (Phi) is 2.77. The first-order valence-electron chi connectivity index (χ1n) is 6.60. The van der Waals surface area contributed by atoms with E-state index >= 15 is 0 Å². The summed E-state index contributed by atoms with van der Waals surface area (Å²) in [6.45, 7) is 4.06. The molecule has 0 aromatic carbocycles. The van der Waals surface area contributed by atoms with Crippen LogP contribution < -0.4 is 5.32 Å². The lowest BCUT2D eigenvalue weighted by atomic mass is 9.88. The van der Waals surface area contributed by atoms with Gasteiger partial charge in [0.05, 0.1) is 6.04 Å². The quantitative estimate of drug-likeness (QED) is 0.714. The zero-order valence-corrected chi connectivity index (χ0v) is 11.1. The number of hydrazone groups is 1. The number of amides is 2. The molecule has 0 bridgehead atoms. The fourth-order valence-electron chi connectivity index (χ4n) is 2.96. The first-order valence-corrected chi connectivity index (χ1v) is 6.60. The number of carbonyl (C=O) groups excluding carboxylic acids is 2. The SMILES string of the molecule is CC1=CC2C(C)=NN(C3CCC(=O)NC3=O)C2C=C1. The summed E-state index contributed by atoms with van der Waals surface area (Å²) < 4.78 is 0. The van der Waals surface area contributed by atoms with Gasteiger partial charge in [0.15, 0.2) is 0 Å². The third-order valence-corrected chi connectivity index (χ3v) is 3.96. The monoisotopic (exact) mass is 259 g/mol. The number of nitrogens with zero attached hydrogens (tertiary/aromatic N) is 2. The van der Waals surface area contributed by atoms with Gasteiger partial charge in [-0.3, -0.25) is 19.9 Å². The van der Waals surface area contributed by atoms with Crippen LogP contribution in [0.3, 0.4) is 0 Å². The van der Waals surface area contributed by atoms with Gasteiger partial charge in [-0.1, -0.05) is 23.8 Å². The smallest absolute Gasteiger partial charge is 0.251 e. The highest BCUT2D eigenvalue weighted by Gasteiger charge is 2.41. The first-order chi connectivity index (χ1) is 9.06. The average molecular weight is 259 g/mol. The highest BCUT2D eigenvalue weighted by Crippen LogP contribution is 2.32. The molecule has 19 heavy (non-hydrogen) atoms. The molecule has 0 saturated carbocycles. The zero-order chi connectivity index (χ0) is 13.6. The lowest BCUT2D eigenvalue weighted by Gasteiger charge is -2.34. The average Bonchev–Trinajstić information content (AvgIpc) is 2.66. The Labute approximate surface area is 112 Å². The van der Waals surface area contributed by atoms with Crippen molar-refractivity contribution in [1.82, 2.24) is 10.3 Å². The van der Waals surface area contributed by atoms with Gasteiger partial charge in [0.1, 0.15) is 6.04 Å². The molecule has 1 aliphatic carbocycles. The number of imide groups is 1. The van der Waals surface area contributed by atoms with E-state index in [-0.39, 0.29) is 29.8 Å². The number of rotatable bonds is 1. The molecule has 100 valence electrons. The minimum Gasteiger partial charge on any atom is -0.295 e. The van der Waals surface area contributed by atoms with E-state index in [2.05, 4.69) is 35.6 Å². The lowest BCUT2D eigenvalue weighted by Crippen LogP contribution is -2.53. The number of hydrogen-bond acceptors (Lipinski definition) is 4. The molecule has 3 aliphatic rings. The van der Waals surface area contributed by atoms with E-state index in [1.165, 1.54) is 5.57 Å². The van der Waals surface area contributed by atoms with Gasteiger partial charge in [0, 0.05) is 18.1 Å². The van der Waals surface area contributed by atoms with Gasteiger partial charge < -0.3 is 0 Å². The lowest BCUT2D eigenvalue weighted by molar-refractivity contribution is -0.137. The fourth-order valence-corrected chi connectivity index (χ4v) is 2.96. The summed E-state index contributed by atoms with van der Waals surface area (Å²) in [5.74, 6) is -0.170. The van der Waals surface area contributed by atoms with Crippen LogP contribution in [0.2, 0.25) is 0 Å². The van der Waals surface area contributed by atoms with Crippen LogP contribution in [0.5, 0.6) is 0 Å². The topological polar surface area (TPSA) is 61.8 Å². The molecule has 1 N–H and O–H groups in total. The Bertz CT molecular complexity index is 533. The van der Waals surface area contributed by atoms with E-state index in [0.29, 0.717) is 12.8 Å². The summed E-state index contributed by atoms with van der Waals surface area (Å²) in [5, 5.41) is 8.81. The van der Waals surface area contributed by atoms with Gasteiger partial charge in [-0.25, -0.2) is 0 Å². The van der Waals surface area contributed by atoms with Crippen LogP contribution in [-0.4, -0.2) is 34.6 Å². The molecule has 2 amide bonds. The number of fused-ring (bicyclic) bond motifs is 1. The maximum Gasteiger partial charge on any atom is 0.251 e. The number of allylic oxidation sites excluding steroid dienone is 2. The number of piperidine rings is 1. The third-order valence-electron chi connectivity index (χ3n) is 3.96.